The maximum atomic E-state index is 4.69. The quantitative estimate of drug-likeness (QED) is 0.798. The van der Waals surface area contributed by atoms with Crippen molar-refractivity contribution in [3.63, 3.8) is 0 Å². The molecule has 0 bridgehead atoms. The van der Waals surface area contributed by atoms with Gasteiger partial charge in [-0.15, -0.1) is 0 Å². The van der Waals surface area contributed by atoms with Gasteiger partial charge in [0.2, 0.25) is 0 Å². The molecule has 0 amide bonds. The van der Waals surface area contributed by atoms with Gasteiger partial charge in [-0.3, -0.25) is 4.99 Å². The number of nitrogens with zero attached hydrogens (tertiary/aromatic N) is 1. The Labute approximate surface area is 98.3 Å². The molecule has 2 atom stereocenters. The summed E-state index contributed by atoms with van der Waals surface area (Å²) in [7, 11) is 0. The van der Waals surface area contributed by atoms with E-state index in [4.69, 9.17) is 4.99 Å². The number of thioether (sulfide) groups is 1. The second-order valence-electron chi connectivity index (χ2n) is 4.54. The molecule has 1 aliphatic heterocycles. The van der Waals surface area contributed by atoms with Gasteiger partial charge in [-0.2, -0.15) is 0 Å². The van der Waals surface area contributed by atoms with E-state index < -0.39 is 0 Å². The molecule has 2 unspecified atom stereocenters. The van der Waals surface area contributed by atoms with Gasteiger partial charge in [0.1, 0.15) is 0 Å². The van der Waals surface area contributed by atoms with Gasteiger partial charge < -0.3 is 5.32 Å². The highest BCUT2D eigenvalue weighted by Gasteiger charge is 2.19. The van der Waals surface area contributed by atoms with E-state index >= 15 is 0 Å². The fourth-order valence-corrected chi connectivity index (χ4v) is 3.07. The number of nitrogens with one attached hydrogen (secondary N) is 1. The van der Waals surface area contributed by atoms with E-state index in [-0.39, 0.29) is 0 Å². The number of hydrogen-bond acceptors (Lipinski definition) is 2. The van der Waals surface area contributed by atoms with Crippen molar-refractivity contribution in [3.05, 3.63) is 0 Å². The van der Waals surface area contributed by atoms with Crippen LogP contribution in [0.15, 0.2) is 4.99 Å². The van der Waals surface area contributed by atoms with Crippen LogP contribution in [0.25, 0.3) is 0 Å². The summed E-state index contributed by atoms with van der Waals surface area (Å²) < 4.78 is 0. The molecule has 0 aromatic rings. The Morgan fingerprint density at radius 3 is 2.60 bits per heavy atom. The van der Waals surface area contributed by atoms with E-state index in [1.165, 1.54) is 19.3 Å². The molecule has 1 saturated heterocycles. The average molecular weight is 228 g/mol. The topological polar surface area (TPSA) is 24.4 Å². The zero-order chi connectivity index (χ0) is 11.3. The second-order valence-corrected chi connectivity index (χ2v) is 5.97. The van der Waals surface area contributed by atoms with Crippen LogP contribution >= 0.6 is 11.8 Å². The summed E-state index contributed by atoms with van der Waals surface area (Å²) in [5.41, 5.74) is 0. The lowest BCUT2D eigenvalue weighted by molar-refractivity contribution is 0.504. The fourth-order valence-electron chi connectivity index (χ4n) is 1.88. The number of aliphatic imine (C=N–C) groups is 1. The van der Waals surface area contributed by atoms with Crippen molar-refractivity contribution in [3.8, 4) is 0 Å². The summed E-state index contributed by atoms with van der Waals surface area (Å²) in [5, 5.41) is 5.33. The fraction of sp³-hybridized carbons (Fsp3) is 0.917. The minimum Gasteiger partial charge on any atom is -0.362 e. The van der Waals surface area contributed by atoms with Crippen LogP contribution in [0.2, 0.25) is 0 Å². The largest absolute Gasteiger partial charge is 0.362 e. The minimum absolute atomic E-state index is 0.585. The van der Waals surface area contributed by atoms with Crippen LogP contribution in [0.5, 0.6) is 0 Å². The van der Waals surface area contributed by atoms with E-state index in [2.05, 4.69) is 33.0 Å². The Kier molecular flexibility index (Phi) is 5.51. The van der Waals surface area contributed by atoms with Gasteiger partial charge in [0, 0.05) is 17.8 Å². The van der Waals surface area contributed by atoms with Gasteiger partial charge in [-0.25, -0.2) is 0 Å². The Morgan fingerprint density at radius 2 is 2.07 bits per heavy atom. The van der Waals surface area contributed by atoms with Gasteiger partial charge in [-0.05, 0) is 19.3 Å². The maximum Gasteiger partial charge on any atom is 0.157 e. The Morgan fingerprint density at radius 1 is 1.40 bits per heavy atom. The number of rotatable bonds is 4. The molecular weight excluding hydrogens is 204 g/mol. The summed E-state index contributed by atoms with van der Waals surface area (Å²) in [6, 6.07) is 0.585. The molecule has 1 rings (SSSR count). The van der Waals surface area contributed by atoms with Crippen LogP contribution < -0.4 is 5.32 Å². The third-order valence-electron chi connectivity index (χ3n) is 3.02. The molecule has 0 aliphatic carbocycles. The Hall–Kier alpha value is -0.180. The molecule has 1 N–H and O–H groups in total. The second kappa shape index (κ2) is 6.41. The van der Waals surface area contributed by atoms with Gasteiger partial charge in [0.25, 0.3) is 0 Å². The summed E-state index contributed by atoms with van der Waals surface area (Å²) in [6.07, 6.45) is 3.72. The van der Waals surface area contributed by atoms with Crippen molar-refractivity contribution in [1.82, 2.24) is 5.32 Å². The van der Waals surface area contributed by atoms with Gasteiger partial charge >= 0.3 is 0 Å². The predicted octanol–water partition coefficient (Wildman–Crippen LogP) is 3.28. The monoisotopic (exact) mass is 228 g/mol. The smallest absolute Gasteiger partial charge is 0.157 e. The molecule has 3 heteroatoms. The molecule has 0 radical (unpaired) electrons. The van der Waals surface area contributed by atoms with Crippen LogP contribution in [0, 0.1) is 5.92 Å². The van der Waals surface area contributed by atoms with Crippen LogP contribution in [-0.4, -0.2) is 23.0 Å². The summed E-state index contributed by atoms with van der Waals surface area (Å²) in [6.45, 7) is 10.0. The number of hydrogen-bond donors (Lipinski definition) is 1. The van der Waals surface area contributed by atoms with E-state index in [1.807, 2.05) is 11.8 Å². The van der Waals surface area contributed by atoms with E-state index in [0.717, 1.165) is 17.6 Å². The summed E-state index contributed by atoms with van der Waals surface area (Å²) in [5.74, 6) is 0.757. The van der Waals surface area contributed by atoms with Crippen LogP contribution in [0.1, 0.15) is 47.0 Å². The zero-order valence-corrected chi connectivity index (χ0v) is 11.2. The molecule has 0 aromatic carbocycles. The first-order valence-electron chi connectivity index (χ1n) is 6.13. The molecule has 0 spiro atoms. The zero-order valence-electron chi connectivity index (χ0n) is 10.4. The van der Waals surface area contributed by atoms with Gasteiger partial charge in [-0.1, -0.05) is 45.4 Å². The van der Waals surface area contributed by atoms with E-state index in [1.54, 1.807) is 0 Å². The molecule has 15 heavy (non-hydrogen) atoms. The average Bonchev–Trinajstić information content (AvgIpc) is 2.18. The molecule has 2 nitrogen and oxygen atoms in total. The van der Waals surface area contributed by atoms with Crippen molar-refractivity contribution in [2.24, 2.45) is 10.9 Å². The third-order valence-corrected chi connectivity index (χ3v) is 4.08. The molecule has 1 fully saturated rings. The first-order valence-corrected chi connectivity index (χ1v) is 7.01. The van der Waals surface area contributed by atoms with Crippen molar-refractivity contribution >= 4 is 16.9 Å². The van der Waals surface area contributed by atoms with E-state index in [0.29, 0.717) is 11.3 Å². The van der Waals surface area contributed by atoms with Crippen LogP contribution in [0.3, 0.4) is 0 Å². The third kappa shape index (κ3) is 4.45. The van der Waals surface area contributed by atoms with Crippen LogP contribution in [-0.2, 0) is 0 Å². The van der Waals surface area contributed by atoms with Crippen molar-refractivity contribution in [1.29, 1.82) is 0 Å². The summed E-state index contributed by atoms with van der Waals surface area (Å²) >= 11 is 1.89. The molecule has 1 heterocycles. The lowest BCUT2D eigenvalue weighted by Crippen LogP contribution is -2.38. The van der Waals surface area contributed by atoms with Crippen LogP contribution in [0.4, 0.5) is 0 Å². The highest BCUT2D eigenvalue weighted by molar-refractivity contribution is 8.14. The Bertz CT molecular complexity index is 200. The minimum atomic E-state index is 0.585. The molecule has 0 saturated carbocycles. The Balaban J connectivity index is 2.44. The van der Waals surface area contributed by atoms with Gasteiger partial charge in [0.15, 0.2) is 5.17 Å². The number of amidine groups is 1. The lowest BCUT2D eigenvalue weighted by Gasteiger charge is -2.27. The normalized spacial score (nSPS) is 29.5. The predicted molar refractivity (Wildman–Crippen MR) is 70.6 cm³/mol. The van der Waals surface area contributed by atoms with Crippen molar-refractivity contribution < 1.29 is 0 Å². The first kappa shape index (κ1) is 12.9. The molecule has 88 valence electrons. The SMILES string of the molecule is CCC(CC)CN=C1NC(C)CC(C)S1. The first-order chi connectivity index (χ1) is 7.15. The standard InChI is InChI=1S/C12H24N2S/c1-5-11(6-2)8-13-12-14-9(3)7-10(4)15-12/h9-11H,5-8H2,1-4H3,(H,13,14). The lowest BCUT2D eigenvalue weighted by atomic mass is 10.0. The molecule has 0 aromatic heterocycles. The molecule has 1 aliphatic rings. The van der Waals surface area contributed by atoms with Crippen molar-refractivity contribution in [2.45, 2.75) is 58.2 Å². The maximum absolute atomic E-state index is 4.69. The van der Waals surface area contributed by atoms with Crippen molar-refractivity contribution in [2.75, 3.05) is 6.54 Å². The van der Waals surface area contributed by atoms with Gasteiger partial charge in [0.05, 0.1) is 0 Å². The highest BCUT2D eigenvalue weighted by Crippen LogP contribution is 2.22. The highest BCUT2D eigenvalue weighted by atomic mass is 32.2. The summed E-state index contributed by atoms with van der Waals surface area (Å²) in [4.78, 5) is 4.69. The molecular formula is C12H24N2S. The van der Waals surface area contributed by atoms with E-state index in [9.17, 15) is 0 Å².